The van der Waals surface area contributed by atoms with Crippen LogP contribution in [0, 0.1) is 0 Å². The Bertz CT molecular complexity index is 1080. The summed E-state index contributed by atoms with van der Waals surface area (Å²) in [7, 11) is 3.18. The van der Waals surface area contributed by atoms with Gasteiger partial charge in [0.05, 0.1) is 20.3 Å². The van der Waals surface area contributed by atoms with E-state index in [4.69, 9.17) is 9.47 Å². The van der Waals surface area contributed by atoms with Crippen molar-refractivity contribution < 1.29 is 19.1 Å². The highest BCUT2D eigenvalue weighted by molar-refractivity contribution is 5.85. The lowest BCUT2D eigenvalue weighted by atomic mass is 9.97. The molecule has 1 saturated heterocycles. The van der Waals surface area contributed by atoms with E-state index < -0.39 is 0 Å². The Labute approximate surface area is 206 Å². The normalized spacial score (nSPS) is 19.2. The molecular formula is C27H34N4O4. The molecule has 0 bridgehead atoms. The maximum atomic E-state index is 13.1. The second-order valence-corrected chi connectivity index (χ2v) is 9.20. The van der Waals surface area contributed by atoms with Gasteiger partial charge in [-0.1, -0.05) is 38.1 Å². The number of benzene rings is 2. The number of nitrogens with zero attached hydrogens (tertiary/aromatic N) is 2. The Morgan fingerprint density at radius 1 is 1.11 bits per heavy atom. The molecule has 8 heteroatoms. The van der Waals surface area contributed by atoms with Gasteiger partial charge in [0.1, 0.15) is 17.5 Å². The number of ether oxygens (including phenoxy) is 2. The third kappa shape index (κ3) is 5.59. The second-order valence-electron chi connectivity index (χ2n) is 9.20. The van der Waals surface area contributed by atoms with Crippen molar-refractivity contribution >= 4 is 11.8 Å². The smallest absolute Gasteiger partial charge is 0.250 e. The molecule has 2 N–H and O–H groups in total. The van der Waals surface area contributed by atoms with E-state index in [-0.39, 0.29) is 30.3 Å². The summed E-state index contributed by atoms with van der Waals surface area (Å²) in [6.07, 6.45) is 4.53. The van der Waals surface area contributed by atoms with Crippen LogP contribution < -0.4 is 20.2 Å². The second kappa shape index (κ2) is 10.8. The van der Waals surface area contributed by atoms with Crippen molar-refractivity contribution in [3.63, 3.8) is 0 Å². The summed E-state index contributed by atoms with van der Waals surface area (Å²) in [6, 6.07) is 13.9. The average molecular weight is 479 g/mol. The first-order valence-corrected chi connectivity index (χ1v) is 12.0. The zero-order valence-electron chi connectivity index (χ0n) is 20.8. The summed E-state index contributed by atoms with van der Waals surface area (Å²) in [5, 5.41) is 4.79. The van der Waals surface area contributed by atoms with Gasteiger partial charge in [0.2, 0.25) is 5.91 Å². The minimum atomic E-state index is -0.276. The lowest BCUT2D eigenvalue weighted by molar-refractivity contribution is -0.134. The summed E-state index contributed by atoms with van der Waals surface area (Å²) in [6.45, 7) is 5.03. The number of carbonyl (C=O) groups excluding carboxylic acids is 2. The highest BCUT2D eigenvalue weighted by Crippen LogP contribution is 2.31. The maximum Gasteiger partial charge on any atom is 0.250 e. The molecular weight excluding hydrogens is 444 g/mol. The number of rotatable bonds is 9. The standard InChI is InChI=1S/C27H34N4O4/c1-18(2)19-5-7-20(8-6-19)23-16-24-27(33)30(13-14-31(24)29-23)12-11-26(32)28-17-21-9-10-22(34-3)15-25(21)35-4/h5-10,13-15,18,23-24,29H,11-12,16-17H2,1-4H3,(H,28,32). The van der Waals surface area contributed by atoms with Gasteiger partial charge >= 0.3 is 0 Å². The fourth-order valence-electron chi connectivity index (χ4n) is 4.45. The van der Waals surface area contributed by atoms with Gasteiger partial charge in [-0.15, -0.1) is 0 Å². The van der Waals surface area contributed by atoms with Gasteiger partial charge in [-0.05, 0) is 35.6 Å². The van der Waals surface area contributed by atoms with Crippen molar-refractivity contribution in [3.05, 3.63) is 71.6 Å². The number of nitrogens with one attached hydrogen (secondary N) is 2. The van der Waals surface area contributed by atoms with Gasteiger partial charge in [-0.3, -0.25) is 9.59 Å². The Morgan fingerprint density at radius 2 is 1.89 bits per heavy atom. The molecule has 0 aliphatic carbocycles. The van der Waals surface area contributed by atoms with E-state index in [1.807, 2.05) is 23.3 Å². The largest absolute Gasteiger partial charge is 0.497 e. The molecule has 8 nitrogen and oxygen atoms in total. The number of hydrogen-bond acceptors (Lipinski definition) is 6. The lowest BCUT2D eigenvalue weighted by Crippen LogP contribution is -2.48. The van der Waals surface area contributed by atoms with Crippen LogP contribution in [0.2, 0.25) is 0 Å². The minimum Gasteiger partial charge on any atom is -0.497 e. The minimum absolute atomic E-state index is 0.00549. The molecule has 4 rings (SSSR count). The van der Waals surface area contributed by atoms with E-state index in [9.17, 15) is 9.59 Å². The van der Waals surface area contributed by atoms with Gasteiger partial charge in [0, 0.05) is 43.5 Å². The van der Waals surface area contributed by atoms with E-state index in [1.165, 1.54) is 11.1 Å². The molecule has 0 radical (unpaired) electrons. The molecule has 186 valence electrons. The fourth-order valence-corrected chi connectivity index (χ4v) is 4.45. The molecule has 2 aliphatic rings. The van der Waals surface area contributed by atoms with Crippen molar-refractivity contribution in [1.82, 2.24) is 20.7 Å². The fraction of sp³-hybridized carbons (Fsp3) is 0.407. The van der Waals surface area contributed by atoms with E-state index in [2.05, 4.69) is 48.9 Å². The Hall–Kier alpha value is -3.52. The monoisotopic (exact) mass is 478 g/mol. The number of methoxy groups -OCH3 is 2. The molecule has 2 unspecified atom stereocenters. The van der Waals surface area contributed by atoms with Crippen LogP contribution in [0.5, 0.6) is 11.5 Å². The van der Waals surface area contributed by atoms with Crippen LogP contribution in [0.1, 0.15) is 55.3 Å². The van der Waals surface area contributed by atoms with E-state index in [0.717, 1.165) is 5.56 Å². The number of amides is 2. The third-order valence-corrected chi connectivity index (χ3v) is 6.63. The predicted molar refractivity (Wildman–Crippen MR) is 134 cm³/mol. The van der Waals surface area contributed by atoms with Gasteiger partial charge in [0.25, 0.3) is 5.91 Å². The van der Waals surface area contributed by atoms with Crippen molar-refractivity contribution in [2.45, 2.75) is 51.2 Å². The zero-order chi connectivity index (χ0) is 24.9. The quantitative estimate of drug-likeness (QED) is 0.574. The van der Waals surface area contributed by atoms with Crippen LogP contribution in [0.25, 0.3) is 0 Å². The summed E-state index contributed by atoms with van der Waals surface area (Å²) in [5.74, 6) is 1.71. The van der Waals surface area contributed by atoms with Crippen LogP contribution >= 0.6 is 0 Å². The van der Waals surface area contributed by atoms with Gasteiger partial charge in [0.15, 0.2) is 0 Å². The first-order chi connectivity index (χ1) is 16.9. The zero-order valence-corrected chi connectivity index (χ0v) is 20.8. The van der Waals surface area contributed by atoms with Crippen molar-refractivity contribution in [1.29, 1.82) is 0 Å². The van der Waals surface area contributed by atoms with E-state index in [0.29, 0.717) is 36.9 Å². The molecule has 2 aromatic rings. The maximum absolute atomic E-state index is 13.1. The highest BCUT2D eigenvalue weighted by Gasteiger charge is 2.39. The average Bonchev–Trinajstić information content (AvgIpc) is 3.32. The van der Waals surface area contributed by atoms with E-state index >= 15 is 0 Å². The van der Waals surface area contributed by atoms with Gasteiger partial charge in [-0.2, -0.15) is 0 Å². The first kappa shape index (κ1) is 24.6. The molecule has 2 aromatic carbocycles. The predicted octanol–water partition coefficient (Wildman–Crippen LogP) is 3.47. The van der Waals surface area contributed by atoms with Crippen LogP contribution in [-0.2, 0) is 16.1 Å². The summed E-state index contributed by atoms with van der Waals surface area (Å²) in [5.41, 5.74) is 6.76. The molecule has 2 atom stereocenters. The topological polar surface area (TPSA) is 83.1 Å². The molecule has 0 spiro atoms. The Morgan fingerprint density at radius 3 is 2.57 bits per heavy atom. The van der Waals surface area contributed by atoms with Crippen LogP contribution in [0.15, 0.2) is 54.9 Å². The van der Waals surface area contributed by atoms with Gasteiger partial charge in [-0.25, -0.2) is 5.43 Å². The third-order valence-electron chi connectivity index (χ3n) is 6.63. The van der Waals surface area contributed by atoms with Crippen molar-refractivity contribution in [3.8, 4) is 11.5 Å². The van der Waals surface area contributed by atoms with Crippen LogP contribution in [-0.4, -0.2) is 48.5 Å². The first-order valence-electron chi connectivity index (χ1n) is 12.0. The van der Waals surface area contributed by atoms with Crippen LogP contribution in [0.3, 0.4) is 0 Å². The number of hydrogen-bond donors (Lipinski definition) is 2. The molecule has 2 heterocycles. The SMILES string of the molecule is COc1ccc(CNC(=O)CCN2C=CN3NC(c4ccc(C(C)C)cc4)CC3C2=O)c(OC)c1. The molecule has 35 heavy (non-hydrogen) atoms. The molecule has 1 fully saturated rings. The summed E-state index contributed by atoms with van der Waals surface area (Å²) in [4.78, 5) is 27.2. The highest BCUT2D eigenvalue weighted by atomic mass is 16.5. The number of fused-ring (bicyclic) bond motifs is 1. The molecule has 2 aliphatic heterocycles. The van der Waals surface area contributed by atoms with Gasteiger partial charge < -0.3 is 24.7 Å². The Balaban J connectivity index is 1.28. The molecule has 2 amide bonds. The summed E-state index contributed by atoms with van der Waals surface area (Å²) < 4.78 is 10.6. The van der Waals surface area contributed by atoms with E-state index in [1.54, 1.807) is 31.4 Å². The van der Waals surface area contributed by atoms with Crippen LogP contribution in [0.4, 0.5) is 0 Å². The summed E-state index contributed by atoms with van der Waals surface area (Å²) >= 11 is 0. The molecule has 0 aromatic heterocycles. The Kier molecular flexibility index (Phi) is 7.60. The van der Waals surface area contributed by atoms with Crippen molar-refractivity contribution in [2.75, 3.05) is 20.8 Å². The number of carbonyl (C=O) groups is 2. The lowest BCUT2D eigenvalue weighted by Gasteiger charge is -2.31. The van der Waals surface area contributed by atoms with Crippen molar-refractivity contribution in [2.24, 2.45) is 0 Å². The number of hydrazine groups is 1. The molecule has 0 saturated carbocycles.